The van der Waals surface area contributed by atoms with Crippen molar-refractivity contribution in [1.29, 1.82) is 0 Å². The van der Waals surface area contributed by atoms with Gasteiger partial charge in [-0.25, -0.2) is 0 Å². The molecule has 0 aliphatic heterocycles. The van der Waals surface area contributed by atoms with Crippen LogP contribution in [0, 0.1) is 0 Å². The van der Waals surface area contributed by atoms with Crippen LogP contribution in [0.25, 0.3) is 22.4 Å². The lowest BCUT2D eigenvalue weighted by atomic mass is 10.0. The van der Waals surface area contributed by atoms with Gasteiger partial charge in [-0.15, -0.1) is 0 Å². The zero-order chi connectivity index (χ0) is 21.8. The van der Waals surface area contributed by atoms with E-state index in [9.17, 15) is 0 Å². The Morgan fingerprint density at radius 3 is 1.44 bits per heavy atom. The third-order valence-corrected chi connectivity index (χ3v) is 5.86. The van der Waals surface area contributed by atoms with Crippen molar-refractivity contribution in [3.8, 4) is 22.4 Å². The summed E-state index contributed by atoms with van der Waals surface area (Å²) in [5.41, 5.74) is 7.85. The maximum atomic E-state index is 4.49. The molecule has 4 aromatic carbocycles. The van der Waals surface area contributed by atoms with Crippen molar-refractivity contribution in [2.75, 3.05) is 4.90 Å². The second kappa shape index (κ2) is 9.21. The molecule has 0 fully saturated rings. The van der Waals surface area contributed by atoms with Crippen LogP contribution in [0.15, 0.2) is 132 Å². The number of para-hydroxylation sites is 2. The van der Waals surface area contributed by atoms with E-state index in [2.05, 4.69) is 123 Å². The van der Waals surface area contributed by atoms with E-state index in [1.54, 1.807) is 0 Å². The average molecular weight is 477 g/mol. The van der Waals surface area contributed by atoms with Crippen LogP contribution in [0.4, 0.5) is 17.1 Å². The number of rotatable bonds is 5. The number of anilines is 3. The minimum atomic E-state index is 0.969. The molecule has 0 amide bonds. The van der Waals surface area contributed by atoms with Crippen LogP contribution >= 0.6 is 15.9 Å². The van der Waals surface area contributed by atoms with Gasteiger partial charge < -0.3 is 4.90 Å². The molecule has 1 heterocycles. The quantitative estimate of drug-likeness (QED) is 0.252. The normalized spacial score (nSPS) is 10.7. The molecule has 2 nitrogen and oxygen atoms in total. The Hall–Kier alpha value is -3.69. The smallest absolute Gasteiger partial charge is 0.0702 e. The minimum absolute atomic E-state index is 0.969. The Morgan fingerprint density at radius 1 is 0.469 bits per heavy atom. The predicted molar refractivity (Wildman–Crippen MR) is 137 cm³/mol. The van der Waals surface area contributed by atoms with E-state index < -0.39 is 0 Å². The fourth-order valence-corrected chi connectivity index (χ4v) is 4.02. The van der Waals surface area contributed by atoms with Crippen LogP contribution in [-0.4, -0.2) is 4.98 Å². The maximum Gasteiger partial charge on any atom is 0.0702 e. The summed E-state index contributed by atoms with van der Waals surface area (Å²) in [6, 6.07) is 42.2. The van der Waals surface area contributed by atoms with Gasteiger partial charge in [0.25, 0.3) is 0 Å². The van der Waals surface area contributed by atoms with Gasteiger partial charge in [-0.1, -0.05) is 72.8 Å². The summed E-state index contributed by atoms with van der Waals surface area (Å²) < 4.78 is 0.984. The standard InChI is InChI=1S/C29H21BrN2/c30-25-17-20-29(31-21-25)24-13-11-22(12-14-24)23-15-18-28(19-16-23)32(26-7-3-1-4-8-26)27-9-5-2-6-10-27/h1-21H. The molecule has 0 aliphatic rings. The van der Waals surface area contributed by atoms with Gasteiger partial charge >= 0.3 is 0 Å². The van der Waals surface area contributed by atoms with E-state index in [-0.39, 0.29) is 0 Å². The molecule has 5 rings (SSSR count). The van der Waals surface area contributed by atoms with Crippen molar-refractivity contribution in [1.82, 2.24) is 4.98 Å². The monoisotopic (exact) mass is 476 g/mol. The Labute approximate surface area is 197 Å². The number of nitrogens with zero attached hydrogens (tertiary/aromatic N) is 2. The summed E-state index contributed by atoms with van der Waals surface area (Å²) in [7, 11) is 0. The van der Waals surface area contributed by atoms with Crippen LogP contribution in [0.5, 0.6) is 0 Å². The summed E-state index contributed by atoms with van der Waals surface area (Å²) in [5.74, 6) is 0. The van der Waals surface area contributed by atoms with E-state index in [1.807, 2.05) is 30.5 Å². The third-order valence-electron chi connectivity index (χ3n) is 5.40. The molecule has 3 heteroatoms. The zero-order valence-corrected chi connectivity index (χ0v) is 19.0. The average Bonchev–Trinajstić information content (AvgIpc) is 2.87. The van der Waals surface area contributed by atoms with Gasteiger partial charge in [0.05, 0.1) is 5.69 Å². The highest BCUT2D eigenvalue weighted by atomic mass is 79.9. The van der Waals surface area contributed by atoms with Crippen molar-refractivity contribution in [3.05, 3.63) is 132 Å². The van der Waals surface area contributed by atoms with Crippen LogP contribution in [0.2, 0.25) is 0 Å². The first-order valence-electron chi connectivity index (χ1n) is 10.5. The number of hydrogen-bond acceptors (Lipinski definition) is 2. The van der Waals surface area contributed by atoms with Crippen molar-refractivity contribution < 1.29 is 0 Å². The number of aromatic nitrogens is 1. The molecular weight excluding hydrogens is 456 g/mol. The predicted octanol–water partition coefficient (Wildman–Crippen LogP) is 8.65. The maximum absolute atomic E-state index is 4.49. The van der Waals surface area contributed by atoms with Crippen molar-refractivity contribution in [2.24, 2.45) is 0 Å². The van der Waals surface area contributed by atoms with E-state index in [1.165, 1.54) is 11.1 Å². The largest absolute Gasteiger partial charge is 0.311 e. The van der Waals surface area contributed by atoms with E-state index in [0.29, 0.717) is 0 Å². The van der Waals surface area contributed by atoms with Gasteiger partial charge in [0.15, 0.2) is 0 Å². The minimum Gasteiger partial charge on any atom is -0.311 e. The van der Waals surface area contributed by atoms with Gasteiger partial charge in [-0.2, -0.15) is 0 Å². The molecule has 0 saturated heterocycles. The zero-order valence-electron chi connectivity index (χ0n) is 17.4. The van der Waals surface area contributed by atoms with Crippen molar-refractivity contribution in [2.45, 2.75) is 0 Å². The van der Waals surface area contributed by atoms with Crippen LogP contribution in [0.3, 0.4) is 0 Å². The molecule has 0 N–H and O–H groups in total. The molecule has 0 atom stereocenters. The third kappa shape index (κ3) is 4.34. The highest BCUT2D eigenvalue weighted by Gasteiger charge is 2.12. The SMILES string of the molecule is Brc1ccc(-c2ccc(-c3ccc(N(c4ccccc4)c4ccccc4)cc3)cc2)nc1. The van der Waals surface area contributed by atoms with Crippen LogP contribution in [-0.2, 0) is 0 Å². The second-order valence-electron chi connectivity index (χ2n) is 7.49. The highest BCUT2D eigenvalue weighted by Crippen LogP contribution is 2.35. The van der Waals surface area contributed by atoms with Crippen LogP contribution < -0.4 is 4.90 Å². The molecule has 0 unspecified atom stereocenters. The molecule has 32 heavy (non-hydrogen) atoms. The van der Waals surface area contributed by atoms with Crippen LogP contribution in [0.1, 0.15) is 0 Å². The van der Waals surface area contributed by atoms with Gasteiger partial charge in [-0.3, -0.25) is 4.98 Å². The second-order valence-corrected chi connectivity index (χ2v) is 8.41. The Bertz CT molecular complexity index is 1240. The van der Waals surface area contributed by atoms with Crippen molar-refractivity contribution >= 4 is 33.0 Å². The van der Waals surface area contributed by atoms with E-state index in [4.69, 9.17) is 0 Å². The fourth-order valence-electron chi connectivity index (χ4n) is 3.78. The molecule has 0 bridgehead atoms. The first kappa shape index (κ1) is 20.2. The molecular formula is C29H21BrN2. The summed E-state index contributed by atoms with van der Waals surface area (Å²) in [5, 5.41) is 0. The lowest BCUT2D eigenvalue weighted by molar-refractivity contribution is 1.28. The van der Waals surface area contributed by atoms with E-state index in [0.717, 1.165) is 32.8 Å². The summed E-state index contributed by atoms with van der Waals surface area (Å²) >= 11 is 3.44. The first-order valence-corrected chi connectivity index (χ1v) is 11.3. The topological polar surface area (TPSA) is 16.1 Å². The van der Waals surface area contributed by atoms with Gasteiger partial charge in [-0.05, 0) is 75.6 Å². The Balaban J connectivity index is 1.44. The molecule has 5 aromatic rings. The van der Waals surface area contributed by atoms with E-state index >= 15 is 0 Å². The molecule has 0 saturated carbocycles. The Kier molecular flexibility index (Phi) is 5.82. The lowest BCUT2D eigenvalue weighted by Crippen LogP contribution is -2.09. The number of benzene rings is 4. The molecule has 0 aliphatic carbocycles. The first-order chi connectivity index (χ1) is 15.8. The van der Waals surface area contributed by atoms with Crippen molar-refractivity contribution in [3.63, 3.8) is 0 Å². The molecule has 1 aromatic heterocycles. The molecule has 154 valence electrons. The van der Waals surface area contributed by atoms with Gasteiger partial charge in [0.1, 0.15) is 0 Å². The summed E-state index contributed by atoms with van der Waals surface area (Å²) in [4.78, 5) is 6.76. The Morgan fingerprint density at radius 2 is 0.938 bits per heavy atom. The fraction of sp³-hybridized carbons (Fsp3) is 0. The highest BCUT2D eigenvalue weighted by molar-refractivity contribution is 9.10. The molecule has 0 spiro atoms. The molecule has 0 radical (unpaired) electrons. The number of pyridine rings is 1. The van der Waals surface area contributed by atoms with Gasteiger partial charge in [0.2, 0.25) is 0 Å². The number of hydrogen-bond donors (Lipinski definition) is 0. The summed E-state index contributed by atoms with van der Waals surface area (Å²) in [6.07, 6.45) is 1.83. The number of halogens is 1. The summed E-state index contributed by atoms with van der Waals surface area (Å²) in [6.45, 7) is 0. The lowest BCUT2D eigenvalue weighted by Gasteiger charge is -2.25. The van der Waals surface area contributed by atoms with Gasteiger partial charge in [0, 0.05) is 33.3 Å².